The smallest absolute Gasteiger partial charge is 0.210 e. The molecule has 28 heavy (non-hydrogen) atoms. The summed E-state index contributed by atoms with van der Waals surface area (Å²) in [5, 5.41) is 10.5. The molecule has 0 aromatic heterocycles. The fourth-order valence-corrected chi connectivity index (χ4v) is 3.40. The van der Waals surface area contributed by atoms with Gasteiger partial charge in [0, 0.05) is 11.5 Å². The third-order valence-electron chi connectivity index (χ3n) is 5.13. The molecule has 3 aromatic rings. The molecule has 140 valence electrons. The van der Waals surface area contributed by atoms with Crippen molar-refractivity contribution in [2.75, 3.05) is 7.11 Å². The van der Waals surface area contributed by atoms with Gasteiger partial charge in [-0.25, -0.2) is 0 Å². The predicted octanol–water partition coefficient (Wildman–Crippen LogP) is 4.68. The van der Waals surface area contributed by atoms with Gasteiger partial charge in [-0.05, 0) is 46.7 Å². The van der Waals surface area contributed by atoms with Gasteiger partial charge >= 0.3 is 0 Å². The maximum absolute atomic E-state index is 13.1. The summed E-state index contributed by atoms with van der Waals surface area (Å²) in [5.41, 5.74) is 7.20. The van der Waals surface area contributed by atoms with E-state index in [2.05, 4.69) is 10.2 Å². The van der Waals surface area contributed by atoms with Crippen LogP contribution in [0, 0.1) is 0 Å². The number of hydrogen-bond donors (Lipinski definition) is 1. The first-order chi connectivity index (χ1) is 13.5. The topological polar surface area (TPSA) is 77.0 Å². The van der Waals surface area contributed by atoms with Crippen LogP contribution in [-0.2, 0) is 4.79 Å². The molecule has 5 nitrogen and oxygen atoms in total. The highest BCUT2D eigenvalue weighted by Crippen LogP contribution is 2.33. The Morgan fingerprint density at radius 3 is 2.46 bits per heavy atom. The van der Waals surface area contributed by atoms with E-state index in [1.165, 1.54) is 0 Å². The number of rotatable bonds is 5. The summed E-state index contributed by atoms with van der Waals surface area (Å²) in [6.07, 6.45) is 1.63. The summed E-state index contributed by atoms with van der Waals surface area (Å²) < 4.78 is 5.17. The van der Waals surface area contributed by atoms with E-state index in [4.69, 9.17) is 10.5 Å². The van der Waals surface area contributed by atoms with Crippen LogP contribution < -0.4 is 10.5 Å². The van der Waals surface area contributed by atoms with Crippen molar-refractivity contribution in [3.63, 3.8) is 0 Å². The van der Waals surface area contributed by atoms with Gasteiger partial charge in [0.15, 0.2) is 5.78 Å². The van der Waals surface area contributed by atoms with E-state index in [1.807, 2.05) is 73.7 Å². The van der Waals surface area contributed by atoms with Crippen LogP contribution in [0.4, 0.5) is 0 Å². The molecule has 4 rings (SSSR count). The van der Waals surface area contributed by atoms with E-state index in [0.717, 1.165) is 27.6 Å². The summed E-state index contributed by atoms with van der Waals surface area (Å²) in [4.78, 5) is 13.1. The highest BCUT2D eigenvalue weighted by Gasteiger charge is 2.39. The molecule has 3 aromatic carbocycles. The van der Waals surface area contributed by atoms with E-state index < -0.39 is 11.6 Å². The van der Waals surface area contributed by atoms with Gasteiger partial charge in [-0.2, -0.15) is 10.2 Å². The second-order valence-electron chi connectivity index (χ2n) is 6.98. The van der Waals surface area contributed by atoms with E-state index in [9.17, 15) is 4.79 Å². The average molecular weight is 371 g/mol. The zero-order valence-corrected chi connectivity index (χ0v) is 15.8. The van der Waals surface area contributed by atoms with Crippen molar-refractivity contribution >= 4 is 22.3 Å². The lowest BCUT2D eigenvalue weighted by atomic mass is 9.88. The molecule has 1 aliphatic rings. The second kappa shape index (κ2) is 7.02. The average Bonchev–Trinajstić information content (AvgIpc) is 3.15. The fraction of sp³-hybridized carbons (Fsp3) is 0.174. The number of methoxy groups -OCH3 is 1. The van der Waals surface area contributed by atoms with Crippen LogP contribution in [0.2, 0.25) is 0 Å². The number of carbonyl (C=O) groups is 1. The van der Waals surface area contributed by atoms with Crippen LogP contribution in [0.5, 0.6) is 5.75 Å². The molecule has 2 unspecified atom stereocenters. The van der Waals surface area contributed by atoms with Gasteiger partial charge in [-0.1, -0.05) is 49.4 Å². The molecule has 0 amide bonds. The maximum atomic E-state index is 13.1. The van der Waals surface area contributed by atoms with Gasteiger partial charge in [0.25, 0.3) is 0 Å². The predicted molar refractivity (Wildman–Crippen MR) is 110 cm³/mol. The molecular weight excluding hydrogens is 350 g/mol. The number of carbonyl (C=O) groups excluding carboxylic acids is 1. The molecule has 1 heterocycles. The Morgan fingerprint density at radius 2 is 1.75 bits per heavy atom. The van der Waals surface area contributed by atoms with Gasteiger partial charge in [-0.15, -0.1) is 0 Å². The lowest BCUT2D eigenvalue weighted by molar-refractivity contribution is -0.123. The monoisotopic (exact) mass is 371 g/mol. The van der Waals surface area contributed by atoms with Gasteiger partial charge in [0.05, 0.1) is 12.8 Å². The molecule has 0 saturated heterocycles. The van der Waals surface area contributed by atoms with Crippen molar-refractivity contribution in [2.24, 2.45) is 16.0 Å². The van der Waals surface area contributed by atoms with Crippen LogP contribution >= 0.6 is 0 Å². The standard InChI is InChI=1S/C23H21N3O2/c1-15(18-8-7-16-5-3-4-6-19(16)13-18)22(27)23(24)14-21(25-26-23)17-9-11-20(28-2)12-10-17/h3-15H,24H2,1-2H3. The molecule has 2 atom stereocenters. The first kappa shape index (κ1) is 18.1. The Balaban J connectivity index is 1.60. The van der Waals surface area contributed by atoms with E-state index in [-0.39, 0.29) is 5.78 Å². The minimum absolute atomic E-state index is 0.185. The normalized spacial score (nSPS) is 19.5. The van der Waals surface area contributed by atoms with Crippen molar-refractivity contribution in [1.29, 1.82) is 0 Å². The number of azo groups is 1. The maximum Gasteiger partial charge on any atom is 0.210 e. The SMILES string of the molecule is COc1ccc(C2=CC(N)(C(=O)C(C)c3ccc4ccccc4c3)N=N2)cc1. The minimum atomic E-state index is -1.46. The van der Waals surface area contributed by atoms with Gasteiger partial charge in [0.2, 0.25) is 5.66 Å². The molecule has 5 heteroatoms. The van der Waals surface area contributed by atoms with Gasteiger partial charge in [0.1, 0.15) is 5.75 Å². The lowest BCUT2D eigenvalue weighted by Crippen LogP contribution is -2.45. The van der Waals surface area contributed by atoms with Gasteiger partial charge in [-0.3, -0.25) is 10.5 Å². The molecule has 0 radical (unpaired) electrons. The number of fused-ring (bicyclic) bond motifs is 1. The van der Waals surface area contributed by atoms with Crippen molar-refractivity contribution in [2.45, 2.75) is 18.5 Å². The van der Waals surface area contributed by atoms with Crippen LogP contribution in [0.3, 0.4) is 0 Å². The number of nitrogens with two attached hydrogens (primary N) is 1. The number of benzene rings is 3. The largest absolute Gasteiger partial charge is 0.497 e. The Labute approximate surface area is 163 Å². The van der Waals surface area contributed by atoms with E-state index in [0.29, 0.717) is 5.70 Å². The third kappa shape index (κ3) is 3.21. The summed E-state index contributed by atoms with van der Waals surface area (Å²) in [5.74, 6) is 0.161. The van der Waals surface area contributed by atoms with Crippen molar-refractivity contribution in [3.8, 4) is 5.75 Å². The summed E-state index contributed by atoms with van der Waals surface area (Å²) in [6, 6.07) is 21.5. The number of Topliss-reactive ketones (excluding diaryl/α,β-unsaturated/α-hetero) is 1. The molecule has 0 aliphatic carbocycles. The molecule has 0 saturated carbocycles. The van der Waals surface area contributed by atoms with Crippen molar-refractivity contribution in [1.82, 2.24) is 0 Å². The van der Waals surface area contributed by atoms with Gasteiger partial charge < -0.3 is 4.74 Å². The number of ketones is 1. The highest BCUT2D eigenvalue weighted by molar-refractivity contribution is 5.98. The number of ether oxygens (including phenoxy) is 1. The summed E-state index contributed by atoms with van der Waals surface area (Å²) >= 11 is 0. The van der Waals surface area contributed by atoms with Crippen molar-refractivity contribution < 1.29 is 9.53 Å². The Morgan fingerprint density at radius 1 is 1.04 bits per heavy atom. The second-order valence-corrected chi connectivity index (χ2v) is 6.98. The lowest BCUT2D eigenvalue weighted by Gasteiger charge is -2.20. The Hall–Kier alpha value is -3.31. The van der Waals surface area contributed by atoms with Crippen molar-refractivity contribution in [3.05, 3.63) is 83.9 Å². The Kier molecular flexibility index (Phi) is 4.53. The van der Waals surface area contributed by atoms with Crippen LogP contribution in [0.15, 0.2) is 83.0 Å². The summed E-state index contributed by atoms with van der Waals surface area (Å²) in [7, 11) is 1.61. The van der Waals surface area contributed by atoms with Crippen LogP contribution in [0.25, 0.3) is 16.5 Å². The first-order valence-electron chi connectivity index (χ1n) is 9.12. The zero-order chi connectivity index (χ0) is 19.7. The quantitative estimate of drug-likeness (QED) is 0.707. The molecule has 0 bridgehead atoms. The molecule has 2 N–H and O–H groups in total. The molecule has 0 spiro atoms. The third-order valence-corrected chi connectivity index (χ3v) is 5.13. The highest BCUT2D eigenvalue weighted by atomic mass is 16.5. The van der Waals surface area contributed by atoms with E-state index >= 15 is 0 Å². The molecule has 0 fully saturated rings. The van der Waals surface area contributed by atoms with E-state index in [1.54, 1.807) is 13.2 Å². The minimum Gasteiger partial charge on any atom is -0.497 e. The van der Waals surface area contributed by atoms with Crippen LogP contribution in [0.1, 0.15) is 24.0 Å². The number of nitrogens with zero attached hydrogens (tertiary/aromatic N) is 2. The summed E-state index contributed by atoms with van der Waals surface area (Å²) in [6.45, 7) is 1.86. The first-order valence-corrected chi connectivity index (χ1v) is 9.12. The molecule has 1 aliphatic heterocycles. The number of hydrogen-bond acceptors (Lipinski definition) is 5. The Bertz CT molecular complexity index is 1100. The van der Waals surface area contributed by atoms with Crippen LogP contribution in [-0.4, -0.2) is 18.6 Å². The molecular formula is C23H21N3O2. The zero-order valence-electron chi connectivity index (χ0n) is 15.8. The fourth-order valence-electron chi connectivity index (χ4n) is 3.40.